The van der Waals surface area contributed by atoms with Crippen LogP contribution in [-0.4, -0.2) is 55.9 Å². The SMILES string of the molecule is CC1(C)CN(C(=O)C(CO)CC2CCC2)CCC1(O)Cn1cnc(-c2ccccc2F)cc1=O. The molecule has 4 rings (SSSR count). The van der Waals surface area contributed by atoms with Gasteiger partial charge in [-0.25, -0.2) is 9.37 Å². The van der Waals surface area contributed by atoms with Gasteiger partial charge in [0.25, 0.3) is 5.56 Å². The molecule has 2 N–H and O–H groups in total. The van der Waals surface area contributed by atoms with Crippen molar-refractivity contribution in [2.24, 2.45) is 17.3 Å². The average Bonchev–Trinajstić information content (AvgIpc) is 2.76. The number of carbonyl (C=O) groups is 1. The highest BCUT2D eigenvalue weighted by molar-refractivity contribution is 5.79. The highest BCUT2D eigenvalue weighted by Crippen LogP contribution is 2.41. The Morgan fingerprint density at radius 2 is 2.03 bits per heavy atom. The molecule has 2 aromatic rings. The number of benzene rings is 1. The smallest absolute Gasteiger partial charge is 0.253 e. The molecule has 0 spiro atoms. The number of likely N-dealkylation sites (tertiary alicyclic amines) is 1. The predicted molar refractivity (Wildman–Crippen MR) is 126 cm³/mol. The maximum absolute atomic E-state index is 14.1. The Hall–Kier alpha value is -2.58. The third-order valence-electron chi connectivity index (χ3n) is 7.83. The van der Waals surface area contributed by atoms with E-state index in [1.165, 1.54) is 29.4 Å². The summed E-state index contributed by atoms with van der Waals surface area (Å²) in [5, 5.41) is 21.4. The summed E-state index contributed by atoms with van der Waals surface area (Å²) >= 11 is 0. The number of aromatic nitrogens is 2. The molecule has 1 aromatic carbocycles. The number of hydrogen-bond donors (Lipinski definition) is 2. The van der Waals surface area contributed by atoms with E-state index in [-0.39, 0.29) is 35.9 Å². The normalized spacial score (nSPS) is 23.4. The van der Waals surface area contributed by atoms with E-state index in [1.807, 2.05) is 13.8 Å². The van der Waals surface area contributed by atoms with Crippen LogP contribution in [0.15, 0.2) is 41.5 Å². The van der Waals surface area contributed by atoms with E-state index in [0.29, 0.717) is 31.8 Å². The Morgan fingerprint density at radius 3 is 2.62 bits per heavy atom. The Labute approximate surface area is 199 Å². The van der Waals surface area contributed by atoms with Crippen LogP contribution in [0.2, 0.25) is 0 Å². The second-order valence-corrected chi connectivity index (χ2v) is 10.6. The van der Waals surface area contributed by atoms with Crippen molar-refractivity contribution in [2.45, 2.75) is 58.1 Å². The minimum atomic E-state index is -1.24. The minimum Gasteiger partial charge on any atom is -0.396 e. The van der Waals surface area contributed by atoms with Gasteiger partial charge in [0.2, 0.25) is 5.91 Å². The zero-order valence-electron chi connectivity index (χ0n) is 19.9. The van der Waals surface area contributed by atoms with Gasteiger partial charge in [-0.05, 0) is 30.9 Å². The Balaban J connectivity index is 1.47. The third-order valence-corrected chi connectivity index (χ3v) is 7.83. The second kappa shape index (κ2) is 9.58. The van der Waals surface area contributed by atoms with E-state index in [2.05, 4.69) is 4.98 Å². The van der Waals surface area contributed by atoms with Crippen molar-refractivity contribution in [3.63, 3.8) is 0 Å². The molecule has 2 aliphatic rings. The van der Waals surface area contributed by atoms with Gasteiger partial charge >= 0.3 is 0 Å². The van der Waals surface area contributed by atoms with Crippen LogP contribution in [-0.2, 0) is 11.3 Å². The van der Waals surface area contributed by atoms with E-state index in [1.54, 1.807) is 23.1 Å². The maximum Gasteiger partial charge on any atom is 0.253 e. The van der Waals surface area contributed by atoms with Crippen LogP contribution in [0.3, 0.4) is 0 Å². The summed E-state index contributed by atoms with van der Waals surface area (Å²) in [6.45, 7) is 4.33. The monoisotopic (exact) mass is 471 g/mol. The Morgan fingerprint density at radius 1 is 1.29 bits per heavy atom. The second-order valence-electron chi connectivity index (χ2n) is 10.6. The zero-order valence-corrected chi connectivity index (χ0v) is 19.9. The van der Waals surface area contributed by atoms with Crippen molar-refractivity contribution in [3.05, 3.63) is 52.8 Å². The first-order chi connectivity index (χ1) is 16.1. The Bertz CT molecular complexity index is 1100. The van der Waals surface area contributed by atoms with E-state index in [0.717, 1.165) is 12.8 Å². The highest BCUT2D eigenvalue weighted by atomic mass is 19.1. The van der Waals surface area contributed by atoms with E-state index >= 15 is 0 Å². The lowest BCUT2D eigenvalue weighted by Gasteiger charge is -2.51. The van der Waals surface area contributed by atoms with Gasteiger partial charge in [0.05, 0.1) is 36.7 Å². The number of carbonyl (C=O) groups excluding carboxylic acids is 1. The Kier molecular flexibility index (Phi) is 6.92. The summed E-state index contributed by atoms with van der Waals surface area (Å²) < 4.78 is 15.4. The van der Waals surface area contributed by atoms with Crippen molar-refractivity contribution in [1.82, 2.24) is 14.5 Å². The van der Waals surface area contributed by atoms with Crippen LogP contribution in [0.1, 0.15) is 46.0 Å². The van der Waals surface area contributed by atoms with Crippen molar-refractivity contribution < 1.29 is 19.4 Å². The van der Waals surface area contributed by atoms with Gasteiger partial charge in [0, 0.05) is 30.1 Å². The molecule has 2 unspecified atom stereocenters. The molecule has 8 heteroatoms. The molecule has 1 saturated carbocycles. The molecule has 1 aliphatic heterocycles. The summed E-state index contributed by atoms with van der Waals surface area (Å²) in [6.07, 6.45) is 5.79. The number of nitrogens with zero attached hydrogens (tertiary/aromatic N) is 3. The van der Waals surface area contributed by atoms with Crippen LogP contribution in [0.25, 0.3) is 11.3 Å². The zero-order chi connectivity index (χ0) is 24.5. The van der Waals surface area contributed by atoms with Gasteiger partial charge in [-0.1, -0.05) is 45.2 Å². The molecule has 2 fully saturated rings. The molecule has 0 bridgehead atoms. The fourth-order valence-electron chi connectivity index (χ4n) is 5.13. The quantitative estimate of drug-likeness (QED) is 0.648. The molecule has 1 saturated heterocycles. The fourth-order valence-corrected chi connectivity index (χ4v) is 5.13. The van der Waals surface area contributed by atoms with Crippen molar-refractivity contribution in [1.29, 1.82) is 0 Å². The molecule has 2 atom stereocenters. The van der Waals surface area contributed by atoms with E-state index < -0.39 is 22.8 Å². The largest absolute Gasteiger partial charge is 0.396 e. The molecule has 1 amide bonds. The van der Waals surface area contributed by atoms with Crippen molar-refractivity contribution >= 4 is 5.91 Å². The fraction of sp³-hybridized carbons (Fsp3) is 0.577. The standard InChI is InChI=1S/C26H34FN3O4/c1-25(2)15-29(24(33)19(14-31)12-18-6-5-7-18)11-10-26(25,34)16-30-17-28-22(13-23(30)32)20-8-3-4-9-21(20)27/h3-4,8-9,13,17-19,31,34H,5-7,10-12,14-16H2,1-2H3. The predicted octanol–water partition coefficient (Wildman–Crippen LogP) is 2.84. The van der Waals surface area contributed by atoms with Crippen LogP contribution in [0.5, 0.6) is 0 Å². The lowest BCUT2D eigenvalue weighted by Crippen LogP contribution is -2.61. The van der Waals surface area contributed by atoms with Gasteiger partial charge in [0.1, 0.15) is 5.82 Å². The molecule has 34 heavy (non-hydrogen) atoms. The average molecular weight is 472 g/mol. The number of amides is 1. The molecule has 1 aliphatic carbocycles. The maximum atomic E-state index is 14.1. The van der Waals surface area contributed by atoms with E-state index in [4.69, 9.17) is 0 Å². The lowest BCUT2D eigenvalue weighted by atomic mass is 9.69. The first kappa shape index (κ1) is 24.5. The summed E-state index contributed by atoms with van der Waals surface area (Å²) in [4.78, 5) is 31.9. The summed E-state index contributed by atoms with van der Waals surface area (Å²) in [6, 6.07) is 7.41. The number of rotatable bonds is 7. The molecule has 184 valence electrons. The first-order valence-electron chi connectivity index (χ1n) is 12.1. The molecular weight excluding hydrogens is 437 g/mol. The number of hydrogen-bond acceptors (Lipinski definition) is 5. The molecule has 0 radical (unpaired) electrons. The van der Waals surface area contributed by atoms with Crippen LogP contribution in [0, 0.1) is 23.1 Å². The number of piperidine rings is 1. The van der Waals surface area contributed by atoms with Gasteiger partial charge in [-0.2, -0.15) is 0 Å². The molecule has 7 nitrogen and oxygen atoms in total. The van der Waals surface area contributed by atoms with Gasteiger partial charge in [-0.15, -0.1) is 0 Å². The summed E-state index contributed by atoms with van der Waals surface area (Å²) in [7, 11) is 0. The number of halogens is 1. The summed E-state index contributed by atoms with van der Waals surface area (Å²) in [5.41, 5.74) is -1.82. The van der Waals surface area contributed by atoms with Crippen molar-refractivity contribution in [3.8, 4) is 11.3 Å². The molecule has 1 aromatic heterocycles. The van der Waals surface area contributed by atoms with Crippen LogP contribution in [0.4, 0.5) is 4.39 Å². The third kappa shape index (κ3) is 4.79. The lowest BCUT2D eigenvalue weighted by molar-refractivity contribution is -0.159. The first-order valence-corrected chi connectivity index (χ1v) is 12.1. The van der Waals surface area contributed by atoms with Crippen LogP contribution < -0.4 is 5.56 Å². The van der Waals surface area contributed by atoms with Crippen LogP contribution >= 0.6 is 0 Å². The number of aliphatic hydroxyl groups excluding tert-OH is 1. The van der Waals surface area contributed by atoms with E-state index in [9.17, 15) is 24.2 Å². The topological polar surface area (TPSA) is 95.7 Å². The van der Waals surface area contributed by atoms with Gasteiger partial charge < -0.3 is 15.1 Å². The molecular formula is C26H34FN3O4. The summed E-state index contributed by atoms with van der Waals surface area (Å²) in [5.74, 6) is -0.396. The van der Waals surface area contributed by atoms with Gasteiger partial charge in [-0.3, -0.25) is 14.2 Å². The minimum absolute atomic E-state index is 0.0247. The molecule has 2 heterocycles. The van der Waals surface area contributed by atoms with Gasteiger partial charge in [0.15, 0.2) is 0 Å². The van der Waals surface area contributed by atoms with Crippen molar-refractivity contribution in [2.75, 3.05) is 19.7 Å². The number of aliphatic hydroxyl groups is 2. The highest BCUT2D eigenvalue weighted by Gasteiger charge is 2.49.